The first-order valence-corrected chi connectivity index (χ1v) is 7.36. The van der Waals surface area contributed by atoms with Crippen molar-refractivity contribution in [2.45, 2.75) is 57.5 Å². The molecule has 5 heteroatoms. The van der Waals surface area contributed by atoms with Crippen molar-refractivity contribution >= 4 is 11.9 Å². The topological polar surface area (TPSA) is 69.6 Å². The Morgan fingerprint density at radius 1 is 1.26 bits per heavy atom. The minimum Gasteiger partial charge on any atom is -0.481 e. The van der Waals surface area contributed by atoms with Gasteiger partial charge in [-0.2, -0.15) is 0 Å². The van der Waals surface area contributed by atoms with Gasteiger partial charge in [-0.3, -0.25) is 9.59 Å². The summed E-state index contributed by atoms with van der Waals surface area (Å²) < 4.78 is 0. The van der Waals surface area contributed by atoms with Crippen molar-refractivity contribution in [3.63, 3.8) is 0 Å². The lowest BCUT2D eigenvalue weighted by molar-refractivity contribution is -0.143. The van der Waals surface area contributed by atoms with Gasteiger partial charge in [-0.05, 0) is 19.8 Å². The van der Waals surface area contributed by atoms with Gasteiger partial charge in [0, 0.05) is 19.1 Å². The Labute approximate surface area is 114 Å². The Kier molecular flexibility index (Phi) is 4.80. The van der Waals surface area contributed by atoms with Gasteiger partial charge in [0.15, 0.2) is 0 Å². The molecule has 0 aromatic carbocycles. The van der Waals surface area contributed by atoms with Crippen molar-refractivity contribution in [2.24, 2.45) is 5.92 Å². The summed E-state index contributed by atoms with van der Waals surface area (Å²) in [6, 6.07) is -0.0354. The normalized spacial score (nSPS) is 30.8. The van der Waals surface area contributed by atoms with Crippen LogP contribution in [0.1, 0.15) is 45.4 Å². The number of hydrogen-bond acceptors (Lipinski definition) is 3. The van der Waals surface area contributed by atoms with Crippen molar-refractivity contribution in [2.75, 3.05) is 13.1 Å². The van der Waals surface area contributed by atoms with E-state index in [0.717, 1.165) is 25.7 Å². The summed E-state index contributed by atoms with van der Waals surface area (Å²) in [7, 11) is 0. The third-order valence-corrected chi connectivity index (χ3v) is 4.36. The van der Waals surface area contributed by atoms with Crippen molar-refractivity contribution in [1.82, 2.24) is 10.2 Å². The van der Waals surface area contributed by atoms with Crippen LogP contribution in [0.5, 0.6) is 0 Å². The summed E-state index contributed by atoms with van der Waals surface area (Å²) in [6.07, 6.45) is 6.79. The lowest BCUT2D eigenvalue weighted by atomic mass is 10.0. The predicted molar refractivity (Wildman–Crippen MR) is 71.8 cm³/mol. The van der Waals surface area contributed by atoms with Crippen LogP contribution in [-0.4, -0.2) is 47.1 Å². The molecule has 0 radical (unpaired) electrons. The van der Waals surface area contributed by atoms with Crippen molar-refractivity contribution in [3.8, 4) is 0 Å². The number of aliphatic carboxylic acids is 1. The first-order chi connectivity index (χ1) is 9.09. The van der Waals surface area contributed by atoms with Crippen LogP contribution in [0.3, 0.4) is 0 Å². The molecule has 0 aromatic rings. The highest BCUT2D eigenvalue weighted by atomic mass is 16.4. The van der Waals surface area contributed by atoms with E-state index in [1.54, 1.807) is 0 Å². The number of rotatable bonds is 2. The molecule has 1 aliphatic heterocycles. The second kappa shape index (κ2) is 6.37. The molecule has 0 bridgehead atoms. The molecular weight excluding hydrogens is 244 g/mol. The maximum atomic E-state index is 12.4. The Morgan fingerprint density at radius 2 is 1.89 bits per heavy atom. The van der Waals surface area contributed by atoms with E-state index in [1.807, 2.05) is 11.8 Å². The van der Waals surface area contributed by atoms with E-state index >= 15 is 0 Å². The summed E-state index contributed by atoms with van der Waals surface area (Å²) >= 11 is 0. The molecule has 2 atom stereocenters. The maximum absolute atomic E-state index is 12.4. The number of carbonyl (C=O) groups is 2. The van der Waals surface area contributed by atoms with Crippen LogP contribution in [-0.2, 0) is 9.59 Å². The van der Waals surface area contributed by atoms with Crippen LogP contribution in [0.15, 0.2) is 0 Å². The van der Waals surface area contributed by atoms with E-state index in [4.69, 9.17) is 0 Å². The number of nitrogens with one attached hydrogen (secondary N) is 1. The molecule has 0 aromatic heterocycles. The Hall–Kier alpha value is -1.10. The molecule has 2 fully saturated rings. The lowest BCUT2D eigenvalue weighted by Crippen LogP contribution is -2.47. The molecule has 1 heterocycles. The molecule has 0 spiro atoms. The smallest absolute Gasteiger partial charge is 0.309 e. The first-order valence-electron chi connectivity index (χ1n) is 7.36. The molecule has 1 amide bonds. The molecule has 5 nitrogen and oxygen atoms in total. The van der Waals surface area contributed by atoms with E-state index in [0.29, 0.717) is 13.1 Å². The summed E-state index contributed by atoms with van der Waals surface area (Å²) in [4.78, 5) is 25.5. The van der Waals surface area contributed by atoms with E-state index in [-0.39, 0.29) is 18.0 Å². The van der Waals surface area contributed by atoms with E-state index in [9.17, 15) is 14.7 Å². The summed E-state index contributed by atoms with van der Waals surface area (Å²) in [5, 5.41) is 12.3. The average Bonchev–Trinajstić information content (AvgIpc) is 2.72. The van der Waals surface area contributed by atoms with Gasteiger partial charge in [-0.15, -0.1) is 0 Å². The largest absolute Gasteiger partial charge is 0.481 e. The number of hydrogen-bond donors (Lipinski definition) is 2. The molecule has 108 valence electrons. The van der Waals surface area contributed by atoms with Gasteiger partial charge >= 0.3 is 5.97 Å². The highest BCUT2D eigenvalue weighted by molar-refractivity contribution is 5.83. The second-order valence-electron chi connectivity index (χ2n) is 5.80. The van der Waals surface area contributed by atoms with Crippen LogP contribution >= 0.6 is 0 Å². The molecule has 2 unspecified atom stereocenters. The van der Waals surface area contributed by atoms with Gasteiger partial charge in [0.2, 0.25) is 5.91 Å². The van der Waals surface area contributed by atoms with Gasteiger partial charge in [0.25, 0.3) is 0 Å². The zero-order valence-electron chi connectivity index (χ0n) is 11.6. The third kappa shape index (κ3) is 3.47. The average molecular weight is 268 g/mol. The van der Waals surface area contributed by atoms with Crippen molar-refractivity contribution in [1.29, 1.82) is 0 Å². The fourth-order valence-electron chi connectivity index (χ4n) is 3.11. The summed E-state index contributed by atoms with van der Waals surface area (Å²) in [5.74, 6) is -1.24. The first kappa shape index (κ1) is 14.3. The fourth-order valence-corrected chi connectivity index (χ4v) is 3.11. The summed E-state index contributed by atoms with van der Waals surface area (Å²) in [5.41, 5.74) is 0. The van der Waals surface area contributed by atoms with Gasteiger partial charge in [-0.1, -0.05) is 25.7 Å². The fraction of sp³-hybridized carbons (Fsp3) is 0.857. The standard InChI is InChI=1S/C14H24N2O3/c1-10-13(17)16(9-11(8-15-10)14(18)19)12-6-4-2-3-5-7-12/h10-12,15H,2-9H2,1H3,(H,18,19). The van der Waals surface area contributed by atoms with E-state index in [1.165, 1.54) is 12.8 Å². The van der Waals surface area contributed by atoms with Gasteiger partial charge in [-0.25, -0.2) is 0 Å². The maximum Gasteiger partial charge on any atom is 0.309 e. The van der Waals surface area contributed by atoms with E-state index in [2.05, 4.69) is 5.32 Å². The van der Waals surface area contributed by atoms with Crippen LogP contribution in [0, 0.1) is 5.92 Å². The van der Waals surface area contributed by atoms with Gasteiger partial charge < -0.3 is 15.3 Å². The monoisotopic (exact) mass is 268 g/mol. The molecule has 19 heavy (non-hydrogen) atoms. The number of carboxylic acids is 1. The number of carboxylic acid groups (broad SMARTS) is 1. The Bertz CT molecular complexity index is 338. The number of carbonyl (C=O) groups excluding carboxylic acids is 1. The van der Waals surface area contributed by atoms with Crippen LogP contribution in [0.2, 0.25) is 0 Å². The molecular formula is C14H24N2O3. The molecule has 1 aliphatic carbocycles. The number of amides is 1. The molecule has 2 N–H and O–H groups in total. The van der Waals surface area contributed by atoms with Crippen LogP contribution < -0.4 is 5.32 Å². The highest BCUT2D eigenvalue weighted by Gasteiger charge is 2.35. The molecule has 1 saturated heterocycles. The summed E-state index contributed by atoms with van der Waals surface area (Å²) in [6.45, 7) is 2.57. The second-order valence-corrected chi connectivity index (χ2v) is 5.80. The van der Waals surface area contributed by atoms with Gasteiger partial charge in [0.05, 0.1) is 12.0 Å². The molecule has 1 saturated carbocycles. The Morgan fingerprint density at radius 3 is 2.47 bits per heavy atom. The quantitative estimate of drug-likeness (QED) is 0.739. The zero-order chi connectivity index (χ0) is 13.8. The van der Waals surface area contributed by atoms with Crippen molar-refractivity contribution in [3.05, 3.63) is 0 Å². The predicted octanol–water partition coefficient (Wildman–Crippen LogP) is 1.23. The molecule has 2 aliphatic rings. The lowest BCUT2D eigenvalue weighted by Gasteiger charge is -2.32. The molecule has 2 rings (SSSR count). The minimum absolute atomic E-state index is 0.0654. The van der Waals surface area contributed by atoms with Gasteiger partial charge in [0.1, 0.15) is 0 Å². The van der Waals surface area contributed by atoms with Crippen LogP contribution in [0.4, 0.5) is 0 Å². The minimum atomic E-state index is -0.812. The Balaban J connectivity index is 2.12. The number of nitrogens with zero attached hydrogens (tertiary/aromatic N) is 1. The third-order valence-electron chi connectivity index (χ3n) is 4.36. The zero-order valence-corrected chi connectivity index (χ0v) is 11.6. The highest BCUT2D eigenvalue weighted by Crippen LogP contribution is 2.24. The SMILES string of the molecule is CC1NCC(C(=O)O)CN(C2CCCCCC2)C1=O. The van der Waals surface area contributed by atoms with Crippen LogP contribution in [0.25, 0.3) is 0 Å². The van der Waals surface area contributed by atoms with Crippen molar-refractivity contribution < 1.29 is 14.7 Å². The van der Waals surface area contributed by atoms with E-state index < -0.39 is 11.9 Å².